The van der Waals surface area contributed by atoms with Crippen molar-refractivity contribution in [2.24, 2.45) is 0 Å². The highest BCUT2D eigenvalue weighted by atomic mass is 16.3. The number of benzene rings is 3. The highest BCUT2D eigenvalue weighted by molar-refractivity contribution is 5.45. The number of aromatic hydroxyl groups is 3. The molecule has 1 fully saturated rings. The fraction of sp³-hybridized carbons (Fsp3) is 0.561. The lowest BCUT2D eigenvalue weighted by Gasteiger charge is -2.28. The van der Waals surface area contributed by atoms with Gasteiger partial charge in [0.25, 0.3) is 0 Å². The zero-order valence-electron chi connectivity index (χ0n) is 33.1. The second-order valence-electron chi connectivity index (χ2n) is 15.1. The Hall–Kier alpha value is -3.42. The lowest BCUT2D eigenvalue weighted by molar-refractivity contribution is 0.0663. The first-order chi connectivity index (χ1) is 26.8. The average Bonchev–Trinajstić information content (AvgIpc) is 3.21. The Morgan fingerprint density at radius 3 is 0.964 bits per heavy atom. The van der Waals surface area contributed by atoms with Gasteiger partial charge in [-0.3, -0.25) is 30.7 Å². The molecule has 4 rings (SSSR count). The van der Waals surface area contributed by atoms with Gasteiger partial charge in [0.15, 0.2) is 0 Å². The average molecular weight is 785 g/mol. The molecule has 3 aromatic rings. The fourth-order valence-corrected chi connectivity index (χ4v) is 7.30. The number of phenolic OH excluding ortho intramolecular Hbond substituents is 3. The molecule has 15 nitrogen and oxygen atoms in total. The summed E-state index contributed by atoms with van der Waals surface area (Å²) in [4.78, 5) is 6.95. The molecule has 1 aliphatic rings. The highest BCUT2D eigenvalue weighted by Crippen LogP contribution is 2.29. The normalized spacial score (nSPS) is 17.1. The van der Waals surface area contributed by atoms with Crippen LogP contribution in [-0.2, 0) is 39.3 Å². The van der Waals surface area contributed by atoms with E-state index in [-0.39, 0.29) is 36.9 Å². The van der Waals surface area contributed by atoms with Gasteiger partial charge < -0.3 is 46.0 Å². The molecule has 3 unspecified atom stereocenters. The van der Waals surface area contributed by atoms with Crippen LogP contribution < -0.4 is 16.0 Å². The Morgan fingerprint density at radius 2 is 0.696 bits per heavy atom. The third-order valence-corrected chi connectivity index (χ3v) is 10.2. The van der Waals surface area contributed by atoms with Crippen molar-refractivity contribution in [3.05, 3.63) is 86.5 Å². The number of hydrogen-bond donors (Lipinski definition) is 12. The molecule has 15 heteroatoms. The van der Waals surface area contributed by atoms with E-state index in [4.69, 9.17) is 0 Å². The van der Waals surface area contributed by atoms with Gasteiger partial charge in [-0.2, -0.15) is 0 Å². The van der Waals surface area contributed by atoms with E-state index in [0.29, 0.717) is 49.4 Å². The Morgan fingerprint density at radius 1 is 0.446 bits per heavy atom. The van der Waals surface area contributed by atoms with Crippen molar-refractivity contribution >= 4 is 0 Å². The quantitative estimate of drug-likeness (QED) is 0.0791. The Bertz CT molecular complexity index is 1600. The van der Waals surface area contributed by atoms with Gasteiger partial charge in [0.1, 0.15) is 35.9 Å². The van der Waals surface area contributed by atoms with Gasteiger partial charge >= 0.3 is 0 Å². The first-order valence-corrected chi connectivity index (χ1v) is 19.5. The zero-order chi connectivity index (χ0) is 40.8. The molecule has 0 bridgehead atoms. The third-order valence-electron chi connectivity index (χ3n) is 10.2. The lowest BCUT2D eigenvalue weighted by Crippen LogP contribution is -2.36. The molecule has 1 saturated heterocycles. The van der Waals surface area contributed by atoms with E-state index in [1.54, 1.807) is 0 Å². The number of phenols is 3. The van der Waals surface area contributed by atoms with Crippen molar-refractivity contribution in [2.75, 3.05) is 59.1 Å². The van der Waals surface area contributed by atoms with Crippen LogP contribution >= 0.6 is 0 Å². The number of hydrogen-bond acceptors (Lipinski definition) is 15. The summed E-state index contributed by atoms with van der Waals surface area (Å²) in [5.74, 6) is 0.444. The highest BCUT2D eigenvalue weighted by Gasteiger charge is 2.21. The standard InChI is InChI=1S/C41H64N6O9/c1-27-12-30(18-42-36(51)24-48)39(54)33(15-27)21-45-6-4-8-46(22-34-16-28(2)13-31(40(34)55)19-43-37(52)25-49)10-11-47(9-5-7-45)23-35-17-29(3)14-32(41(35)56)20-44-38(53)26-50/h12-17,36-38,42-44,48-56H,4-11,18-26H2,1-3H3. The van der Waals surface area contributed by atoms with Gasteiger partial charge in [-0.05, 0) is 59.8 Å². The van der Waals surface area contributed by atoms with E-state index in [1.807, 2.05) is 57.2 Å². The summed E-state index contributed by atoms with van der Waals surface area (Å²) in [6, 6.07) is 11.5. The van der Waals surface area contributed by atoms with Crippen LogP contribution in [0.15, 0.2) is 36.4 Å². The predicted molar refractivity (Wildman–Crippen MR) is 213 cm³/mol. The summed E-state index contributed by atoms with van der Waals surface area (Å²) in [5, 5.41) is 99.7. The van der Waals surface area contributed by atoms with Crippen LogP contribution in [0.4, 0.5) is 0 Å². The number of nitrogens with zero attached hydrogens (tertiary/aromatic N) is 3. The molecule has 1 heterocycles. The topological polar surface area (TPSA) is 228 Å². The molecule has 56 heavy (non-hydrogen) atoms. The van der Waals surface area contributed by atoms with Gasteiger partial charge in [-0.25, -0.2) is 0 Å². The van der Waals surface area contributed by atoms with Gasteiger partial charge in [0, 0.05) is 85.7 Å². The van der Waals surface area contributed by atoms with Crippen molar-refractivity contribution in [3.63, 3.8) is 0 Å². The summed E-state index contributed by atoms with van der Waals surface area (Å²) < 4.78 is 0. The van der Waals surface area contributed by atoms with Crippen molar-refractivity contribution in [2.45, 2.75) is 91.6 Å². The minimum atomic E-state index is -1.10. The summed E-state index contributed by atoms with van der Waals surface area (Å²) in [5.41, 5.74) is 7.08. The molecule has 312 valence electrons. The van der Waals surface area contributed by atoms with Crippen LogP contribution in [-0.4, -0.2) is 138 Å². The zero-order valence-corrected chi connectivity index (χ0v) is 33.1. The first kappa shape index (κ1) is 45.3. The van der Waals surface area contributed by atoms with Gasteiger partial charge in [-0.15, -0.1) is 0 Å². The van der Waals surface area contributed by atoms with Crippen molar-refractivity contribution in [1.82, 2.24) is 30.7 Å². The van der Waals surface area contributed by atoms with Crippen molar-refractivity contribution in [1.29, 1.82) is 0 Å². The lowest BCUT2D eigenvalue weighted by atomic mass is 10.0. The number of nitrogens with one attached hydrogen (secondary N) is 3. The summed E-state index contributed by atoms with van der Waals surface area (Å²) in [7, 11) is 0. The summed E-state index contributed by atoms with van der Waals surface area (Å²) in [6.45, 7) is 10.9. The van der Waals surface area contributed by atoms with Crippen LogP contribution in [0.5, 0.6) is 17.2 Å². The van der Waals surface area contributed by atoms with E-state index < -0.39 is 38.5 Å². The molecule has 0 aromatic heterocycles. The maximum absolute atomic E-state index is 11.3. The molecular weight excluding hydrogens is 720 g/mol. The maximum Gasteiger partial charge on any atom is 0.128 e. The smallest absolute Gasteiger partial charge is 0.128 e. The fourth-order valence-electron chi connectivity index (χ4n) is 7.30. The van der Waals surface area contributed by atoms with E-state index in [0.717, 1.165) is 72.4 Å². The van der Waals surface area contributed by atoms with E-state index >= 15 is 0 Å². The Kier molecular flexibility index (Phi) is 18.2. The van der Waals surface area contributed by atoms with Crippen molar-refractivity contribution in [3.8, 4) is 17.2 Å². The molecule has 1 aliphatic heterocycles. The van der Waals surface area contributed by atoms with E-state index in [1.165, 1.54) is 0 Å². The molecule has 0 spiro atoms. The van der Waals surface area contributed by atoms with Gasteiger partial charge in [0.2, 0.25) is 0 Å². The Balaban J connectivity index is 1.59. The largest absolute Gasteiger partial charge is 0.507 e. The van der Waals surface area contributed by atoms with Gasteiger partial charge in [0.05, 0.1) is 19.8 Å². The molecular formula is C41H64N6O9. The molecule has 3 atom stereocenters. The van der Waals surface area contributed by atoms with Gasteiger partial charge in [-0.1, -0.05) is 53.1 Å². The maximum atomic E-state index is 11.3. The minimum Gasteiger partial charge on any atom is -0.507 e. The Labute approximate surface area is 330 Å². The van der Waals surface area contributed by atoms with E-state index in [2.05, 4.69) is 30.7 Å². The SMILES string of the molecule is Cc1cc(CNC(O)CO)c(O)c(CN2CCCN(Cc3cc(C)cc(CNC(O)CO)c3O)CCN(Cc3cc(C)cc(CNC(O)CO)c3O)CCC2)c1. The van der Waals surface area contributed by atoms with Crippen LogP contribution in [0, 0.1) is 20.8 Å². The molecule has 0 aliphatic carbocycles. The second kappa shape index (κ2) is 22.5. The van der Waals surface area contributed by atoms with Crippen LogP contribution in [0.3, 0.4) is 0 Å². The summed E-state index contributed by atoms with van der Waals surface area (Å²) in [6.07, 6.45) is -1.66. The van der Waals surface area contributed by atoms with Crippen molar-refractivity contribution < 1.29 is 46.0 Å². The first-order valence-electron chi connectivity index (χ1n) is 19.5. The van der Waals surface area contributed by atoms with Crippen LogP contribution in [0.2, 0.25) is 0 Å². The minimum absolute atomic E-state index is 0.143. The second-order valence-corrected chi connectivity index (χ2v) is 15.1. The number of aliphatic hydroxyl groups excluding tert-OH is 6. The monoisotopic (exact) mass is 784 g/mol. The number of aryl methyl sites for hydroxylation is 3. The van der Waals surface area contributed by atoms with Crippen LogP contribution in [0.25, 0.3) is 0 Å². The number of aliphatic hydroxyl groups is 6. The third kappa shape index (κ3) is 13.9. The molecule has 0 radical (unpaired) electrons. The van der Waals surface area contributed by atoms with Crippen LogP contribution in [0.1, 0.15) is 62.9 Å². The summed E-state index contributed by atoms with van der Waals surface area (Å²) >= 11 is 0. The number of rotatable bonds is 18. The molecule has 0 saturated carbocycles. The van der Waals surface area contributed by atoms with E-state index in [9.17, 15) is 46.0 Å². The molecule has 12 N–H and O–H groups in total. The predicted octanol–water partition coefficient (Wildman–Crippen LogP) is 0.530. The molecule has 3 aromatic carbocycles. The molecule has 0 amide bonds.